The van der Waals surface area contributed by atoms with Crippen LogP contribution in [0.3, 0.4) is 0 Å². The fourth-order valence-electron chi connectivity index (χ4n) is 2.59. The first-order valence-corrected chi connectivity index (χ1v) is 8.55. The minimum absolute atomic E-state index is 0.0654. The van der Waals surface area contributed by atoms with Gasteiger partial charge in [0.1, 0.15) is 4.90 Å². The molecule has 2 saturated heterocycles. The summed E-state index contributed by atoms with van der Waals surface area (Å²) < 4.78 is 31.7. The molecule has 0 amide bonds. The third-order valence-corrected chi connectivity index (χ3v) is 7.06. The Hall–Kier alpha value is -0.630. The quantitative estimate of drug-likeness (QED) is 0.833. The molecular formula is C12H16N2O3S2. The summed E-state index contributed by atoms with van der Waals surface area (Å²) in [4.78, 5) is 4.15. The van der Waals surface area contributed by atoms with Crippen molar-refractivity contribution < 1.29 is 13.2 Å². The average Bonchev–Trinajstić information content (AvgIpc) is 2.82. The average molecular weight is 300 g/mol. The molecule has 0 N–H and O–H groups in total. The summed E-state index contributed by atoms with van der Waals surface area (Å²) in [5.41, 5.74) is 0. The normalized spacial score (nSPS) is 26.5. The molecule has 0 aromatic carbocycles. The Morgan fingerprint density at radius 2 is 2.32 bits per heavy atom. The van der Waals surface area contributed by atoms with Crippen LogP contribution in [0.1, 0.15) is 6.42 Å². The van der Waals surface area contributed by atoms with Gasteiger partial charge in [0, 0.05) is 43.1 Å². The van der Waals surface area contributed by atoms with Gasteiger partial charge in [0.05, 0.1) is 6.10 Å². The molecule has 1 spiro atoms. The van der Waals surface area contributed by atoms with E-state index in [9.17, 15) is 8.42 Å². The monoisotopic (exact) mass is 300 g/mol. The molecule has 3 heterocycles. The van der Waals surface area contributed by atoms with Crippen LogP contribution in [0.25, 0.3) is 0 Å². The Kier molecular flexibility index (Phi) is 3.33. The van der Waals surface area contributed by atoms with Gasteiger partial charge in [-0.1, -0.05) is 0 Å². The summed E-state index contributed by atoms with van der Waals surface area (Å²) in [6.45, 7) is 1.16. The first-order chi connectivity index (χ1) is 9.06. The van der Waals surface area contributed by atoms with Gasteiger partial charge in [-0.15, -0.1) is 11.8 Å². The molecule has 0 aliphatic carbocycles. The third kappa shape index (κ3) is 2.29. The Balaban J connectivity index is 1.71. The van der Waals surface area contributed by atoms with Crippen molar-refractivity contribution in [1.29, 1.82) is 0 Å². The van der Waals surface area contributed by atoms with Crippen LogP contribution < -0.4 is 0 Å². The van der Waals surface area contributed by atoms with E-state index < -0.39 is 10.0 Å². The van der Waals surface area contributed by atoms with Crippen LogP contribution in [-0.2, 0) is 14.8 Å². The van der Waals surface area contributed by atoms with E-state index in [1.54, 1.807) is 25.4 Å². The van der Waals surface area contributed by atoms with Gasteiger partial charge < -0.3 is 4.74 Å². The zero-order chi connectivity index (χ0) is 13.5. The van der Waals surface area contributed by atoms with Crippen molar-refractivity contribution in [1.82, 2.24) is 9.29 Å². The lowest BCUT2D eigenvalue weighted by atomic mass is 9.96. The second kappa shape index (κ2) is 4.73. The number of rotatable bonds is 3. The maximum absolute atomic E-state index is 12.4. The molecule has 1 aromatic heterocycles. The number of sulfonamides is 1. The zero-order valence-electron chi connectivity index (χ0n) is 10.7. The summed E-state index contributed by atoms with van der Waals surface area (Å²) in [5.74, 6) is 0.956. The molecule has 0 bridgehead atoms. The predicted octanol–water partition coefficient (Wildman–Crippen LogP) is 0.977. The molecule has 1 aromatic rings. The molecule has 2 fully saturated rings. The van der Waals surface area contributed by atoms with Crippen molar-refractivity contribution in [2.75, 3.05) is 26.0 Å². The highest BCUT2D eigenvalue weighted by atomic mass is 32.2. The Morgan fingerprint density at radius 3 is 2.89 bits per heavy atom. The highest BCUT2D eigenvalue weighted by molar-refractivity contribution is 8.01. The SMILES string of the molecule is CO[C@H]1CSC2(C1)CN(S(=O)(=O)c1cccnc1)C2. The van der Waals surface area contributed by atoms with Crippen molar-refractivity contribution in [3.05, 3.63) is 24.5 Å². The van der Waals surface area contributed by atoms with Crippen molar-refractivity contribution in [2.24, 2.45) is 0 Å². The van der Waals surface area contributed by atoms with Crippen LogP contribution in [0, 0.1) is 0 Å². The largest absolute Gasteiger partial charge is 0.381 e. The molecule has 104 valence electrons. The van der Waals surface area contributed by atoms with E-state index >= 15 is 0 Å². The smallest absolute Gasteiger partial charge is 0.244 e. The van der Waals surface area contributed by atoms with E-state index in [4.69, 9.17) is 4.74 Å². The maximum atomic E-state index is 12.4. The molecule has 19 heavy (non-hydrogen) atoms. The first kappa shape index (κ1) is 13.4. The number of nitrogens with zero attached hydrogens (tertiary/aromatic N) is 2. The van der Waals surface area contributed by atoms with Gasteiger partial charge in [-0.2, -0.15) is 4.31 Å². The molecule has 0 unspecified atom stereocenters. The Labute approximate surface area is 117 Å². The summed E-state index contributed by atoms with van der Waals surface area (Å²) in [6.07, 6.45) is 4.17. The number of hydrogen-bond acceptors (Lipinski definition) is 5. The predicted molar refractivity (Wildman–Crippen MR) is 73.6 cm³/mol. The highest BCUT2D eigenvalue weighted by Gasteiger charge is 2.53. The van der Waals surface area contributed by atoms with E-state index in [2.05, 4.69) is 4.98 Å². The van der Waals surface area contributed by atoms with Gasteiger partial charge in [0.15, 0.2) is 0 Å². The van der Waals surface area contributed by atoms with Crippen molar-refractivity contribution in [3.63, 3.8) is 0 Å². The lowest BCUT2D eigenvalue weighted by Gasteiger charge is -2.46. The van der Waals surface area contributed by atoms with Crippen LogP contribution in [0.2, 0.25) is 0 Å². The van der Waals surface area contributed by atoms with Gasteiger partial charge in [0.2, 0.25) is 10.0 Å². The lowest BCUT2D eigenvalue weighted by Crippen LogP contribution is -2.60. The van der Waals surface area contributed by atoms with Crippen molar-refractivity contribution in [3.8, 4) is 0 Å². The summed E-state index contributed by atoms with van der Waals surface area (Å²) in [5, 5.41) is 0. The minimum Gasteiger partial charge on any atom is -0.381 e. The van der Waals surface area contributed by atoms with Crippen molar-refractivity contribution in [2.45, 2.75) is 22.2 Å². The van der Waals surface area contributed by atoms with Gasteiger partial charge in [-0.05, 0) is 18.6 Å². The molecular weight excluding hydrogens is 284 g/mol. The number of aromatic nitrogens is 1. The van der Waals surface area contributed by atoms with Gasteiger partial charge in [0.25, 0.3) is 0 Å². The van der Waals surface area contributed by atoms with E-state index in [1.165, 1.54) is 10.5 Å². The van der Waals surface area contributed by atoms with Crippen molar-refractivity contribution >= 4 is 21.8 Å². The van der Waals surface area contributed by atoms with E-state index in [0.717, 1.165) is 12.2 Å². The van der Waals surface area contributed by atoms with Crippen LogP contribution in [0.15, 0.2) is 29.4 Å². The van der Waals surface area contributed by atoms with E-state index in [1.807, 2.05) is 11.8 Å². The molecule has 2 aliphatic rings. The molecule has 1 atom stereocenters. The fraction of sp³-hybridized carbons (Fsp3) is 0.583. The first-order valence-electron chi connectivity index (χ1n) is 6.13. The van der Waals surface area contributed by atoms with Gasteiger partial charge in [-0.25, -0.2) is 8.42 Å². The van der Waals surface area contributed by atoms with Crippen LogP contribution in [0.5, 0.6) is 0 Å². The van der Waals surface area contributed by atoms with Crippen LogP contribution in [0.4, 0.5) is 0 Å². The molecule has 2 aliphatic heterocycles. The molecule has 3 rings (SSSR count). The molecule has 5 nitrogen and oxygen atoms in total. The number of hydrogen-bond donors (Lipinski definition) is 0. The molecule has 0 radical (unpaired) electrons. The standard InChI is InChI=1S/C12H16N2O3S2/c1-17-10-5-12(18-7-10)8-14(9-12)19(15,16)11-3-2-4-13-6-11/h2-4,6,10H,5,7-9H2,1H3/t10-/m1/s1. The third-order valence-electron chi connectivity index (χ3n) is 3.71. The maximum Gasteiger partial charge on any atom is 0.244 e. The number of pyridine rings is 1. The van der Waals surface area contributed by atoms with Crippen LogP contribution in [-0.4, -0.2) is 54.5 Å². The second-order valence-electron chi connectivity index (χ2n) is 5.02. The Morgan fingerprint density at radius 1 is 1.53 bits per heavy atom. The molecule has 0 saturated carbocycles. The number of thioether (sulfide) groups is 1. The van der Waals surface area contributed by atoms with E-state index in [0.29, 0.717) is 13.1 Å². The summed E-state index contributed by atoms with van der Waals surface area (Å²) >= 11 is 1.83. The summed E-state index contributed by atoms with van der Waals surface area (Å²) in [7, 11) is -1.66. The second-order valence-corrected chi connectivity index (χ2v) is 8.44. The van der Waals surface area contributed by atoms with Crippen LogP contribution >= 0.6 is 11.8 Å². The fourth-order valence-corrected chi connectivity index (χ4v) is 5.92. The molecule has 7 heteroatoms. The Bertz CT molecular complexity index is 556. The van der Waals surface area contributed by atoms with E-state index in [-0.39, 0.29) is 15.7 Å². The topological polar surface area (TPSA) is 59.5 Å². The highest BCUT2D eigenvalue weighted by Crippen LogP contribution is 2.47. The van der Waals surface area contributed by atoms with Gasteiger partial charge >= 0.3 is 0 Å². The van der Waals surface area contributed by atoms with Gasteiger partial charge in [-0.3, -0.25) is 4.98 Å². The summed E-state index contributed by atoms with van der Waals surface area (Å²) in [6, 6.07) is 3.24. The number of methoxy groups -OCH3 is 1. The minimum atomic E-state index is -3.37. The zero-order valence-corrected chi connectivity index (χ0v) is 12.3. The lowest BCUT2D eigenvalue weighted by molar-refractivity contribution is 0.0931. The number of ether oxygens (including phenoxy) is 1.